The van der Waals surface area contributed by atoms with Crippen LogP contribution in [-0.4, -0.2) is 6.61 Å². The molecule has 0 amide bonds. The Kier molecular flexibility index (Phi) is 2.32. The molecule has 0 aliphatic carbocycles. The Hall–Kier alpha value is -1.24. The molecule has 0 spiro atoms. The molecular weight excluding hydrogens is 200 g/mol. The molecule has 0 fully saturated rings. The maximum Gasteiger partial charge on any atom is 0.143 e. The predicted octanol–water partition coefficient (Wildman–Crippen LogP) is 1.99. The second-order valence-electron chi connectivity index (χ2n) is 3.20. The van der Waals surface area contributed by atoms with Crippen LogP contribution in [0, 0.1) is 11.3 Å². The molecule has 1 aliphatic heterocycles. The Bertz CT molecular complexity index is 411. The van der Waals surface area contributed by atoms with E-state index in [1.807, 2.05) is 12.1 Å². The van der Waals surface area contributed by atoms with Crippen LogP contribution in [-0.2, 0) is 0 Å². The first-order valence-corrected chi connectivity index (χ1v) is 4.72. The largest absolute Gasteiger partial charge is 0.492 e. The second-order valence-corrected chi connectivity index (χ2v) is 3.60. The molecular formula is C10H9ClN2O. The summed E-state index contributed by atoms with van der Waals surface area (Å²) in [4.78, 5) is 0. The van der Waals surface area contributed by atoms with Gasteiger partial charge in [-0.05, 0) is 6.07 Å². The number of fused-ring (bicyclic) bond motifs is 1. The van der Waals surface area contributed by atoms with Crippen LogP contribution < -0.4 is 10.5 Å². The van der Waals surface area contributed by atoms with Gasteiger partial charge in [0.25, 0.3) is 0 Å². The Morgan fingerprint density at radius 1 is 1.57 bits per heavy atom. The van der Waals surface area contributed by atoms with E-state index in [4.69, 9.17) is 27.3 Å². The zero-order chi connectivity index (χ0) is 10.1. The Morgan fingerprint density at radius 3 is 3.07 bits per heavy atom. The number of hydrogen-bond donors (Lipinski definition) is 1. The van der Waals surface area contributed by atoms with E-state index in [0.717, 1.165) is 12.0 Å². The molecule has 1 aliphatic rings. The number of hydrogen-bond acceptors (Lipinski definition) is 3. The first kappa shape index (κ1) is 9.32. The van der Waals surface area contributed by atoms with E-state index in [-0.39, 0.29) is 6.04 Å². The van der Waals surface area contributed by atoms with E-state index in [1.165, 1.54) is 0 Å². The molecule has 1 atom stereocenters. The third kappa shape index (κ3) is 1.33. The predicted molar refractivity (Wildman–Crippen MR) is 53.2 cm³/mol. The molecule has 72 valence electrons. The molecule has 2 N–H and O–H groups in total. The highest BCUT2D eigenvalue weighted by Gasteiger charge is 2.22. The van der Waals surface area contributed by atoms with E-state index in [1.54, 1.807) is 6.07 Å². The molecule has 0 radical (unpaired) electrons. The number of ether oxygens (including phenoxy) is 1. The fourth-order valence-corrected chi connectivity index (χ4v) is 1.76. The molecule has 1 aromatic carbocycles. The van der Waals surface area contributed by atoms with Crippen molar-refractivity contribution in [3.05, 3.63) is 28.3 Å². The highest BCUT2D eigenvalue weighted by molar-refractivity contribution is 6.32. The van der Waals surface area contributed by atoms with Gasteiger partial charge in [-0.3, -0.25) is 0 Å². The van der Waals surface area contributed by atoms with Crippen molar-refractivity contribution in [2.45, 2.75) is 12.5 Å². The minimum Gasteiger partial charge on any atom is -0.492 e. The van der Waals surface area contributed by atoms with Crippen molar-refractivity contribution in [2.24, 2.45) is 5.73 Å². The Labute approximate surface area is 87.0 Å². The molecule has 1 aromatic rings. The van der Waals surface area contributed by atoms with Crippen molar-refractivity contribution in [1.29, 1.82) is 5.26 Å². The van der Waals surface area contributed by atoms with Crippen LogP contribution in [0.4, 0.5) is 0 Å². The summed E-state index contributed by atoms with van der Waals surface area (Å²) in [7, 11) is 0. The van der Waals surface area contributed by atoms with Crippen LogP contribution in [0.15, 0.2) is 12.1 Å². The third-order valence-electron chi connectivity index (χ3n) is 2.32. The summed E-state index contributed by atoms with van der Waals surface area (Å²) in [6, 6.07) is 5.49. The number of halogens is 1. The van der Waals surface area contributed by atoms with E-state index >= 15 is 0 Å². The number of nitrogens with zero attached hydrogens (tertiary/aromatic N) is 1. The Morgan fingerprint density at radius 2 is 2.36 bits per heavy atom. The van der Waals surface area contributed by atoms with Crippen molar-refractivity contribution in [3.63, 3.8) is 0 Å². The van der Waals surface area contributed by atoms with Crippen molar-refractivity contribution >= 4 is 11.6 Å². The molecule has 0 bridgehead atoms. The van der Waals surface area contributed by atoms with Gasteiger partial charge in [0, 0.05) is 18.0 Å². The highest BCUT2D eigenvalue weighted by atomic mass is 35.5. The molecule has 14 heavy (non-hydrogen) atoms. The van der Waals surface area contributed by atoms with Gasteiger partial charge in [0.05, 0.1) is 11.6 Å². The molecule has 0 saturated heterocycles. The summed E-state index contributed by atoms with van der Waals surface area (Å²) in [6.45, 7) is 0.545. The van der Waals surface area contributed by atoms with E-state index < -0.39 is 0 Å². The number of rotatable bonds is 0. The van der Waals surface area contributed by atoms with Gasteiger partial charge in [-0.15, -0.1) is 0 Å². The molecule has 0 aromatic heterocycles. The fraction of sp³-hybridized carbons (Fsp3) is 0.300. The van der Waals surface area contributed by atoms with Crippen LogP contribution in [0.3, 0.4) is 0 Å². The lowest BCUT2D eigenvalue weighted by molar-refractivity contribution is 0.268. The van der Waals surface area contributed by atoms with Crippen molar-refractivity contribution < 1.29 is 4.74 Å². The van der Waals surface area contributed by atoms with Gasteiger partial charge in [0.2, 0.25) is 0 Å². The number of nitrogens with two attached hydrogens (primary N) is 1. The molecule has 2 rings (SSSR count). The zero-order valence-corrected chi connectivity index (χ0v) is 8.21. The van der Waals surface area contributed by atoms with Gasteiger partial charge in [-0.2, -0.15) is 5.26 Å². The number of nitriles is 1. The number of benzene rings is 1. The maximum atomic E-state index is 8.91. The average molecular weight is 209 g/mol. The minimum absolute atomic E-state index is 0.0527. The fourth-order valence-electron chi connectivity index (χ4n) is 1.57. The highest BCUT2D eigenvalue weighted by Crippen LogP contribution is 2.36. The average Bonchev–Trinajstić information content (AvgIpc) is 2.18. The van der Waals surface area contributed by atoms with E-state index in [0.29, 0.717) is 22.9 Å². The van der Waals surface area contributed by atoms with Gasteiger partial charge in [-0.1, -0.05) is 17.7 Å². The minimum atomic E-state index is -0.0527. The topological polar surface area (TPSA) is 59.0 Å². The van der Waals surface area contributed by atoms with Gasteiger partial charge in [0.15, 0.2) is 0 Å². The summed E-state index contributed by atoms with van der Waals surface area (Å²) < 4.78 is 5.41. The van der Waals surface area contributed by atoms with Gasteiger partial charge < -0.3 is 10.5 Å². The summed E-state index contributed by atoms with van der Waals surface area (Å²) in [5, 5.41) is 9.32. The first-order valence-electron chi connectivity index (χ1n) is 4.35. The quantitative estimate of drug-likeness (QED) is 0.710. The molecule has 0 unspecified atom stereocenters. The normalized spacial score (nSPS) is 19.4. The Balaban J connectivity index is 2.63. The van der Waals surface area contributed by atoms with Crippen LogP contribution >= 0.6 is 11.6 Å². The van der Waals surface area contributed by atoms with Gasteiger partial charge in [0.1, 0.15) is 17.4 Å². The zero-order valence-electron chi connectivity index (χ0n) is 7.46. The maximum absolute atomic E-state index is 8.91. The smallest absolute Gasteiger partial charge is 0.143 e. The van der Waals surface area contributed by atoms with E-state index in [9.17, 15) is 0 Å². The summed E-state index contributed by atoms with van der Waals surface area (Å²) in [6.07, 6.45) is 0.777. The first-order chi connectivity index (χ1) is 6.74. The lowest BCUT2D eigenvalue weighted by atomic mass is 9.99. The molecule has 3 nitrogen and oxygen atoms in total. The lowest BCUT2D eigenvalue weighted by Crippen LogP contribution is -2.21. The molecule has 4 heteroatoms. The van der Waals surface area contributed by atoms with Crippen LogP contribution in [0.2, 0.25) is 5.02 Å². The van der Waals surface area contributed by atoms with Crippen molar-refractivity contribution in [3.8, 4) is 11.8 Å². The van der Waals surface area contributed by atoms with Crippen molar-refractivity contribution in [2.75, 3.05) is 6.61 Å². The van der Waals surface area contributed by atoms with Crippen molar-refractivity contribution in [1.82, 2.24) is 0 Å². The second kappa shape index (κ2) is 3.49. The summed E-state index contributed by atoms with van der Waals surface area (Å²) in [5.41, 5.74) is 7.15. The third-order valence-corrected chi connectivity index (χ3v) is 2.64. The van der Waals surface area contributed by atoms with Gasteiger partial charge in [-0.25, -0.2) is 0 Å². The lowest BCUT2D eigenvalue weighted by Gasteiger charge is -2.23. The van der Waals surface area contributed by atoms with Gasteiger partial charge >= 0.3 is 0 Å². The SMILES string of the molecule is N#Cc1c(Cl)ccc2c1OCC[C@@H]2N. The van der Waals surface area contributed by atoms with Crippen LogP contribution in [0.25, 0.3) is 0 Å². The monoisotopic (exact) mass is 208 g/mol. The molecule has 1 heterocycles. The van der Waals surface area contributed by atoms with Crippen LogP contribution in [0.1, 0.15) is 23.6 Å². The summed E-state index contributed by atoms with van der Waals surface area (Å²) in [5.74, 6) is 0.554. The standard InChI is InChI=1S/C10H9ClN2O/c11-8-2-1-6-9(13)3-4-14-10(6)7(8)5-12/h1-2,9H,3-4,13H2/t9-/m0/s1. The van der Waals surface area contributed by atoms with E-state index in [2.05, 4.69) is 0 Å². The molecule has 0 saturated carbocycles. The summed E-state index contributed by atoms with van der Waals surface area (Å²) >= 11 is 5.87. The van der Waals surface area contributed by atoms with Crippen LogP contribution in [0.5, 0.6) is 5.75 Å².